The zero-order chi connectivity index (χ0) is 12.8. The quantitative estimate of drug-likeness (QED) is 0.647. The van der Waals surface area contributed by atoms with E-state index in [4.69, 9.17) is 15.0 Å². The van der Waals surface area contributed by atoms with Gasteiger partial charge in [-0.05, 0) is 0 Å². The molecule has 0 spiro atoms. The van der Waals surface area contributed by atoms with Crippen LogP contribution in [0.3, 0.4) is 0 Å². The minimum atomic E-state index is -5.19. The molecule has 0 aliphatic rings. The van der Waals surface area contributed by atoms with Crippen LogP contribution >= 0.6 is 0 Å². The van der Waals surface area contributed by atoms with Gasteiger partial charge < -0.3 is 15.0 Å². The van der Waals surface area contributed by atoms with Crippen LogP contribution in [0.5, 0.6) is 0 Å². The molecule has 0 saturated heterocycles. The van der Waals surface area contributed by atoms with Gasteiger partial charge >= 0.3 is 6.18 Å². The Morgan fingerprint density at radius 3 is 2.31 bits per heavy atom. The lowest BCUT2D eigenvalue weighted by Gasteiger charge is -2.03. The highest BCUT2D eigenvalue weighted by Gasteiger charge is 2.28. The number of aryl methyl sites for hydroxylation is 1. The molecule has 0 fully saturated rings. The van der Waals surface area contributed by atoms with Crippen LogP contribution in [-0.2, 0) is 18.4 Å². The molecule has 0 atom stereocenters. The van der Waals surface area contributed by atoms with Gasteiger partial charge in [0.15, 0.2) is 0 Å². The van der Waals surface area contributed by atoms with Gasteiger partial charge in [0.25, 0.3) is 0 Å². The lowest BCUT2D eigenvalue weighted by Crippen LogP contribution is -2.37. The Morgan fingerprint density at radius 1 is 1.56 bits per heavy atom. The second-order valence-corrected chi connectivity index (χ2v) is 2.83. The van der Waals surface area contributed by atoms with Crippen LogP contribution in [0.15, 0.2) is 18.7 Å². The van der Waals surface area contributed by atoms with Crippen LogP contribution in [0.2, 0.25) is 0 Å². The van der Waals surface area contributed by atoms with E-state index in [1.807, 2.05) is 34.9 Å². The number of carboxylic acid groups (broad SMARTS) is 1. The molecule has 0 aliphatic carbocycles. The van der Waals surface area contributed by atoms with E-state index in [0.717, 1.165) is 0 Å². The molecular formula is C8H11F3N2O3. The normalized spacial score (nSPS) is 10.6. The van der Waals surface area contributed by atoms with E-state index in [1.54, 1.807) is 0 Å². The number of nitrogens with zero attached hydrogens (tertiary/aromatic N) is 2. The summed E-state index contributed by atoms with van der Waals surface area (Å²) >= 11 is 0. The van der Waals surface area contributed by atoms with Gasteiger partial charge in [-0.2, -0.15) is 13.2 Å². The van der Waals surface area contributed by atoms with Crippen molar-refractivity contribution in [2.75, 3.05) is 6.61 Å². The Bertz CT molecular complexity index is 336. The molecule has 0 aromatic carbocycles. The number of hydrogen-bond donors (Lipinski definition) is 1. The summed E-state index contributed by atoms with van der Waals surface area (Å²) in [6, 6.07) is 0. The summed E-state index contributed by atoms with van der Waals surface area (Å²) in [7, 11) is 1.95. The number of halogens is 3. The number of alkyl halides is 3. The van der Waals surface area contributed by atoms with E-state index in [-0.39, 0.29) is 6.61 Å². The van der Waals surface area contributed by atoms with Gasteiger partial charge in [-0.3, -0.25) is 0 Å². The zero-order valence-corrected chi connectivity index (χ0v) is 8.44. The van der Waals surface area contributed by atoms with Crippen molar-refractivity contribution in [2.24, 2.45) is 7.05 Å². The van der Waals surface area contributed by atoms with Crippen molar-refractivity contribution in [3.05, 3.63) is 18.7 Å². The van der Waals surface area contributed by atoms with Gasteiger partial charge in [0.2, 0.25) is 6.33 Å². The van der Waals surface area contributed by atoms with E-state index < -0.39 is 12.1 Å². The Labute approximate surface area is 89.4 Å². The number of carboxylic acids is 1. The van der Waals surface area contributed by atoms with Crippen LogP contribution < -0.4 is 9.67 Å². The first-order valence-electron chi connectivity index (χ1n) is 4.17. The first-order chi connectivity index (χ1) is 7.27. The molecule has 8 heteroatoms. The van der Waals surface area contributed by atoms with Crippen molar-refractivity contribution in [1.29, 1.82) is 0 Å². The Hall–Kier alpha value is -1.57. The summed E-state index contributed by atoms with van der Waals surface area (Å²) in [5.41, 5.74) is 0. The number of aliphatic hydroxyl groups excluding tert-OH is 1. The number of carbonyl (C=O) groups excluding carboxylic acids is 1. The Kier molecular flexibility index (Phi) is 5.51. The van der Waals surface area contributed by atoms with Crippen LogP contribution in [0.4, 0.5) is 13.2 Å². The van der Waals surface area contributed by atoms with Gasteiger partial charge in [-0.25, -0.2) is 9.13 Å². The number of aliphatic carboxylic acids is 1. The van der Waals surface area contributed by atoms with Crippen molar-refractivity contribution in [3.8, 4) is 0 Å². The molecule has 1 N–H and O–H groups in total. The van der Waals surface area contributed by atoms with Crippen LogP contribution in [0.25, 0.3) is 0 Å². The Balaban J connectivity index is 0.000000293. The second-order valence-electron chi connectivity index (χ2n) is 2.83. The van der Waals surface area contributed by atoms with Crippen LogP contribution in [0.1, 0.15) is 0 Å². The van der Waals surface area contributed by atoms with Gasteiger partial charge in [0.1, 0.15) is 24.9 Å². The summed E-state index contributed by atoms with van der Waals surface area (Å²) < 4.78 is 35.4. The zero-order valence-electron chi connectivity index (χ0n) is 8.44. The lowest BCUT2D eigenvalue weighted by molar-refractivity contribution is -0.671. The molecule has 1 rings (SSSR count). The molecule has 0 saturated carbocycles. The predicted molar refractivity (Wildman–Crippen MR) is 43.8 cm³/mol. The summed E-state index contributed by atoms with van der Waals surface area (Å²) in [6.45, 7) is 0.884. The molecule has 0 bridgehead atoms. The molecule has 0 amide bonds. The highest BCUT2D eigenvalue weighted by molar-refractivity contribution is 5.70. The molecule has 1 aromatic heterocycles. The summed E-state index contributed by atoms with van der Waals surface area (Å²) in [6.07, 6.45) is 0.599. The maximum Gasteiger partial charge on any atom is 0.430 e. The van der Waals surface area contributed by atoms with Crippen molar-refractivity contribution < 1.29 is 32.7 Å². The maximum absolute atomic E-state index is 10.5. The summed E-state index contributed by atoms with van der Waals surface area (Å²) in [5, 5.41) is 17.3. The highest BCUT2D eigenvalue weighted by atomic mass is 19.4. The SMILES string of the molecule is C[n+]1ccn(CCO)c1.O=C([O-])C(F)(F)F. The van der Waals surface area contributed by atoms with E-state index >= 15 is 0 Å². The molecular weight excluding hydrogens is 229 g/mol. The van der Waals surface area contributed by atoms with E-state index in [0.29, 0.717) is 6.54 Å². The van der Waals surface area contributed by atoms with Crippen molar-refractivity contribution in [3.63, 3.8) is 0 Å². The highest BCUT2D eigenvalue weighted by Crippen LogP contribution is 2.11. The maximum atomic E-state index is 10.5. The topological polar surface area (TPSA) is 69.2 Å². The molecule has 0 aliphatic heterocycles. The fourth-order valence-electron chi connectivity index (χ4n) is 0.749. The minimum Gasteiger partial charge on any atom is -0.542 e. The number of rotatable bonds is 2. The third kappa shape index (κ3) is 6.02. The molecule has 0 unspecified atom stereocenters. The average Bonchev–Trinajstić information content (AvgIpc) is 2.51. The summed E-state index contributed by atoms with van der Waals surface area (Å²) in [4.78, 5) is 8.78. The van der Waals surface area contributed by atoms with Crippen LogP contribution in [0, 0.1) is 0 Å². The third-order valence-corrected chi connectivity index (χ3v) is 1.41. The number of imidazole rings is 1. The molecule has 1 heterocycles. The van der Waals surface area contributed by atoms with Crippen molar-refractivity contribution in [1.82, 2.24) is 4.57 Å². The first kappa shape index (κ1) is 14.4. The fraction of sp³-hybridized carbons (Fsp3) is 0.500. The van der Waals surface area contributed by atoms with E-state index in [2.05, 4.69) is 0 Å². The number of aromatic nitrogens is 2. The molecule has 16 heavy (non-hydrogen) atoms. The molecule has 5 nitrogen and oxygen atoms in total. The minimum absolute atomic E-state index is 0.203. The van der Waals surface area contributed by atoms with Gasteiger partial charge in [-0.15, -0.1) is 0 Å². The first-order valence-corrected chi connectivity index (χ1v) is 4.17. The van der Waals surface area contributed by atoms with Gasteiger partial charge in [0, 0.05) is 0 Å². The van der Waals surface area contributed by atoms with Gasteiger partial charge in [-0.1, -0.05) is 0 Å². The molecule has 92 valence electrons. The van der Waals surface area contributed by atoms with E-state index in [1.165, 1.54) is 0 Å². The second kappa shape index (κ2) is 6.11. The standard InChI is InChI=1S/C6H11N2O.C2HF3O2/c1-7-2-3-8(6-7)4-5-9;3-2(4,5)1(6)7/h2-3,6,9H,4-5H2,1H3;(H,6,7)/q+1;/p-1. The Morgan fingerprint density at radius 2 is 2.06 bits per heavy atom. The largest absolute Gasteiger partial charge is 0.542 e. The molecule has 1 aromatic rings. The average molecular weight is 240 g/mol. The number of hydrogen-bond acceptors (Lipinski definition) is 3. The monoisotopic (exact) mass is 240 g/mol. The van der Waals surface area contributed by atoms with Crippen LogP contribution in [-0.4, -0.2) is 28.4 Å². The predicted octanol–water partition coefficient (Wildman–Crippen LogP) is -1.40. The lowest BCUT2D eigenvalue weighted by atomic mass is 10.7. The van der Waals surface area contributed by atoms with Crippen molar-refractivity contribution in [2.45, 2.75) is 12.7 Å². The smallest absolute Gasteiger partial charge is 0.430 e. The summed E-state index contributed by atoms with van der Waals surface area (Å²) in [5.74, 6) is -3.01. The number of carbonyl (C=O) groups is 1. The van der Waals surface area contributed by atoms with E-state index in [9.17, 15) is 13.2 Å². The van der Waals surface area contributed by atoms with Crippen molar-refractivity contribution >= 4 is 5.97 Å². The fourth-order valence-corrected chi connectivity index (χ4v) is 0.749. The van der Waals surface area contributed by atoms with Gasteiger partial charge in [0.05, 0.1) is 13.7 Å². The third-order valence-electron chi connectivity index (χ3n) is 1.41. The number of aliphatic hydroxyl groups is 1. The molecule has 0 radical (unpaired) electrons.